The first-order valence-electron chi connectivity index (χ1n) is 11.9. The summed E-state index contributed by atoms with van der Waals surface area (Å²) in [6, 6.07) is 24.3. The Morgan fingerprint density at radius 1 is 0.944 bits per heavy atom. The van der Waals surface area contributed by atoms with Gasteiger partial charge in [0.15, 0.2) is 0 Å². The van der Waals surface area contributed by atoms with Crippen LogP contribution in [0.1, 0.15) is 31.1 Å². The van der Waals surface area contributed by atoms with Crippen LogP contribution in [0, 0.1) is 0 Å². The molecule has 3 aromatic carbocycles. The molecule has 1 aromatic heterocycles. The normalized spacial score (nSPS) is 11.5. The third-order valence-electron chi connectivity index (χ3n) is 5.87. The van der Waals surface area contributed by atoms with E-state index in [0.717, 1.165) is 22.6 Å². The first-order valence-corrected chi connectivity index (χ1v) is 11.9. The fourth-order valence-corrected chi connectivity index (χ4v) is 3.80. The smallest absolute Gasteiger partial charge is 0.415 e. The van der Waals surface area contributed by atoms with Crippen molar-refractivity contribution in [2.24, 2.45) is 0 Å². The van der Waals surface area contributed by atoms with E-state index in [2.05, 4.69) is 4.98 Å². The van der Waals surface area contributed by atoms with Crippen LogP contribution in [-0.2, 0) is 6.42 Å². The number of nitrogens with zero attached hydrogens (tertiary/aromatic N) is 2. The van der Waals surface area contributed by atoms with E-state index in [1.54, 1.807) is 42.5 Å². The van der Waals surface area contributed by atoms with Gasteiger partial charge in [0.05, 0.1) is 25.5 Å². The van der Waals surface area contributed by atoms with Gasteiger partial charge in [0.1, 0.15) is 23.5 Å². The summed E-state index contributed by atoms with van der Waals surface area (Å²) < 4.78 is 22.2. The highest BCUT2D eigenvalue weighted by Crippen LogP contribution is 2.25. The summed E-state index contributed by atoms with van der Waals surface area (Å²) in [4.78, 5) is 19.0. The standard InChI is InChI=1S/C29H30N2O5/c1-4-31(29(32)36-27-16-14-25(33-3)15-17-27)21(2)22-10-12-26(13-11-22)34-19-18-24-20-35-28(30-24)23-8-6-5-7-9-23/h5-17,20-21H,4,18-19H2,1-3H3/t21-/m0/s1. The molecule has 0 fully saturated rings. The predicted molar refractivity (Wildman–Crippen MR) is 137 cm³/mol. The van der Waals surface area contributed by atoms with E-state index in [9.17, 15) is 4.79 Å². The largest absolute Gasteiger partial charge is 0.497 e. The molecule has 0 bridgehead atoms. The maximum absolute atomic E-state index is 12.8. The lowest BCUT2D eigenvalue weighted by Crippen LogP contribution is -2.35. The Balaban J connectivity index is 1.29. The van der Waals surface area contributed by atoms with Gasteiger partial charge in [-0.2, -0.15) is 0 Å². The predicted octanol–water partition coefficient (Wildman–Crippen LogP) is 6.55. The van der Waals surface area contributed by atoms with Crippen molar-refractivity contribution in [2.75, 3.05) is 20.3 Å². The Bertz CT molecular complexity index is 1240. The Morgan fingerprint density at radius 2 is 1.61 bits per heavy atom. The number of carbonyl (C=O) groups is 1. The van der Waals surface area contributed by atoms with Gasteiger partial charge in [0.25, 0.3) is 0 Å². The molecule has 0 spiro atoms. The summed E-state index contributed by atoms with van der Waals surface area (Å²) >= 11 is 0. The number of methoxy groups -OCH3 is 1. The molecule has 0 aliphatic heterocycles. The van der Waals surface area contributed by atoms with Gasteiger partial charge in [-0.1, -0.05) is 30.3 Å². The van der Waals surface area contributed by atoms with Crippen molar-refractivity contribution in [3.8, 4) is 28.7 Å². The number of amides is 1. The van der Waals surface area contributed by atoms with E-state index >= 15 is 0 Å². The van der Waals surface area contributed by atoms with Crippen LogP contribution in [0.4, 0.5) is 4.79 Å². The molecule has 36 heavy (non-hydrogen) atoms. The maximum Gasteiger partial charge on any atom is 0.415 e. The molecule has 0 aliphatic rings. The van der Waals surface area contributed by atoms with Gasteiger partial charge in [0.2, 0.25) is 5.89 Å². The van der Waals surface area contributed by atoms with Crippen molar-refractivity contribution in [3.63, 3.8) is 0 Å². The Kier molecular flexibility index (Phi) is 8.24. The van der Waals surface area contributed by atoms with E-state index in [-0.39, 0.29) is 6.04 Å². The van der Waals surface area contributed by atoms with Gasteiger partial charge in [-0.3, -0.25) is 0 Å². The zero-order valence-corrected chi connectivity index (χ0v) is 20.7. The minimum Gasteiger partial charge on any atom is -0.497 e. The fourth-order valence-electron chi connectivity index (χ4n) is 3.80. The first-order chi connectivity index (χ1) is 17.6. The van der Waals surface area contributed by atoms with Crippen molar-refractivity contribution < 1.29 is 23.4 Å². The van der Waals surface area contributed by atoms with Crippen LogP contribution in [0.3, 0.4) is 0 Å². The zero-order valence-electron chi connectivity index (χ0n) is 20.7. The van der Waals surface area contributed by atoms with Crippen molar-refractivity contribution in [3.05, 3.63) is 96.4 Å². The molecule has 4 aromatic rings. The molecule has 1 heterocycles. The van der Waals surface area contributed by atoms with Gasteiger partial charge in [-0.15, -0.1) is 0 Å². The van der Waals surface area contributed by atoms with Gasteiger partial charge < -0.3 is 23.5 Å². The molecule has 0 saturated heterocycles. The van der Waals surface area contributed by atoms with E-state index in [1.165, 1.54) is 0 Å². The number of hydrogen-bond donors (Lipinski definition) is 0. The molecule has 0 radical (unpaired) electrons. The average molecular weight is 487 g/mol. The lowest BCUT2D eigenvalue weighted by molar-refractivity contribution is 0.138. The van der Waals surface area contributed by atoms with Crippen LogP contribution in [0.25, 0.3) is 11.5 Å². The summed E-state index contributed by atoms with van der Waals surface area (Å²) in [5.74, 6) is 2.53. The Labute approximate surface area is 211 Å². The molecule has 4 rings (SSSR count). The first kappa shape index (κ1) is 24.9. The van der Waals surface area contributed by atoms with E-state index in [0.29, 0.717) is 37.0 Å². The molecule has 1 atom stereocenters. The number of aromatic nitrogens is 1. The minimum atomic E-state index is -0.405. The summed E-state index contributed by atoms with van der Waals surface area (Å²) in [7, 11) is 1.59. The summed E-state index contributed by atoms with van der Waals surface area (Å²) in [5, 5.41) is 0. The number of carbonyl (C=O) groups excluding carboxylic acids is 1. The van der Waals surface area contributed by atoms with Gasteiger partial charge >= 0.3 is 6.09 Å². The second kappa shape index (κ2) is 11.9. The molecule has 7 heteroatoms. The monoisotopic (exact) mass is 486 g/mol. The molecule has 0 aliphatic carbocycles. The topological polar surface area (TPSA) is 74.0 Å². The van der Waals surface area contributed by atoms with E-state index < -0.39 is 6.09 Å². The van der Waals surface area contributed by atoms with E-state index in [4.69, 9.17) is 18.6 Å². The quantitative estimate of drug-likeness (QED) is 0.253. The van der Waals surface area contributed by atoms with Crippen molar-refractivity contribution >= 4 is 6.09 Å². The third-order valence-corrected chi connectivity index (χ3v) is 5.87. The molecule has 7 nitrogen and oxygen atoms in total. The highest BCUT2D eigenvalue weighted by molar-refractivity contribution is 5.71. The SMILES string of the molecule is CCN(C(=O)Oc1ccc(OC)cc1)[C@@H](C)c1ccc(OCCc2coc(-c3ccccc3)n2)cc1. The molecule has 0 unspecified atom stereocenters. The highest BCUT2D eigenvalue weighted by atomic mass is 16.6. The van der Waals surface area contributed by atoms with Gasteiger partial charge in [-0.05, 0) is 67.9 Å². The molecular formula is C29H30N2O5. The summed E-state index contributed by atoms with van der Waals surface area (Å²) in [6.45, 7) is 4.89. The fraction of sp³-hybridized carbons (Fsp3) is 0.241. The Morgan fingerprint density at radius 3 is 2.28 bits per heavy atom. The van der Waals surface area contributed by atoms with E-state index in [1.807, 2.05) is 68.4 Å². The lowest BCUT2D eigenvalue weighted by Gasteiger charge is -2.27. The Hall–Kier alpha value is -4.26. The minimum absolute atomic E-state index is 0.165. The lowest BCUT2D eigenvalue weighted by atomic mass is 10.1. The van der Waals surface area contributed by atoms with Gasteiger partial charge in [0, 0.05) is 18.5 Å². The van der Waals surface area contributed by atoms with Crippen LogP contribution in [-0.4, -0.2) is 36.2 Å². The second-order valence-electron chi connectivity index (χ2n) is 8.18. The van der Waals surface area contributed by atoms with Crippen molar-refractivity contribution in [1.82, 2.24) is 9.88 Å². The summed E-state index contributed by atoms with van der Waals surface area (Å²) in [5.41, 5.74) is 2.77. The highest BCUT2D eigenvalue weighted by Gasteiger charge is 2.22. The molecule has 0 N–H and O–H groups in total. The van der Waals surface area contributed by atoms with Crippen molar-refractivity contribution in [2.45, 2.75) is 26.3 Å². The molecule has 1 amide bonds. The molecule has 0 saturated carbocycles. The van der Waals surface area contributed by atoms with Crippen LogP contribution in [0.15, 0.2) is 89.5 Å². The third kappa shape index (κ3) is 6.24. The van der Waals surface area contributed by atoms with Crippen LogP contribution >= 0.6 is 0 Å². The number of rotatable bonds is 10. The number of hydrogen-bond acceptors (Lipinski definition) is 6. The number of ether oxygens (including phenoxy) is 3. The van der Waals surface area contributed by atoms with Gasteiger partial charge in [-0.25, -0.2) is 9.78 Å². The molecule has 186 valence electrons. The summed E-state index contributed by atoms with van der Waals surface area (Å²) in [6.07, 6.45) is 1.90. The van der Waals surface area contributed by atoms with Crippen LogP contribution in [0.2, 0.25) is 0 Å². The second-order valence-corrected chi connectivity index (χ2v) is 8.18. The zero-order chi connectivity index (χ0) is 25.3. The molecular weight excluding hydrogens is 456 g/mol. The number of benzene rings is 3. The van der Waals surface area contributed by atoms with Crippen LogP contribution in [0.5, 0.6) is 17.2 Å². The van der Waals surface area contributed by atoms with Crippen molar-refractivity contribution in [1.29, 1.82) is 0 Å². The average Bonchev–Trinajstić information content (AvgIpc) is 3.39. The maximum atomic E-state index is 12.8. The van der Waals surface area contributed by atoms with Crippen LogP contribution < -0.4 is 14.2 Å². The number of oxazole rings is 1.